The molecule has 0 aliphatic heterocycles. The first-order valence-corrected chi connectivity index (χ1v) is 14.9. The van der Waals surface area contributed by atoms with Crippen molar-refractivity contribution in [2.24, 2.45) is 0 Å². The highest BCUT2D eigenvalue weighted by molar-refractivity contribution is 6.07. The molecule has 2 heterocycles. The van der Waals surface area contributed by atoms with Gasteiger partial charge in [-0.3, -0.25) is 14.3 Å². The molecule has 0 bridgehead atoms. The number of hydrogen-bond acceptors (Lipinski definition) is 4. The van der Waals surface area contributed by atoms with Crippen molar-refractivity contribution in [3.63, 3.8) is 0 Å². The van der Waals surface area contributed by atoms with Gasteiger partial charge in [-0.15, -0.1) is 0 Å². The quantitative estimate of drug-likeness (QED) is 0.0954. The third-order valence-corrected chi connectivity index (χ3v) is 8.23. The zero-order valence-electron chi connectivity index (χ0n) is 24.5. The van der Waals surface area contributed by atoms with E-state index in [0.717, 1.165) is 45.0 Å². The minimum Gasteiger partial charge on any atom is -0.298 e. The second-order valence-electron chi connectivity index (χ2n) is 11.1. The molecule has 0 saturated carbocycles. The summed E-state index contributed by atoms with van der Waals surface area (Å²) in [4.78, 5) is 25.3. The number of para-hydroxylation sites is 1. The molecule has 7 aromatic rings. The molecular weight excluding hydrogens is 556 g/mol. The Morgan fingerprint density at radius 3 is 1.91 bits per heavy atom. The molecule has 0 spiro atoms. The van der Waals surface area contributed by atoms with Gasteiger partial charge in [0.05, 0.1) is 18.3 Å². The summed E-state index contributed by atoms with van der Waals surface area (Å²) in [5.74, 6) is -0.0875. The first-order valence-electron chi connectivity index (χ1n) is 14.9. The average molecular weight is 587 g/mol. The summed E-state index contributed by atoms with van der Waals surface area (Å²) < 4.78 is 3.81. The number of carbonyl (C=O) groups is 2. The van der Waals surface area contributed by atoms with Crippen LogP contribution < -0.4 is 0 Å². The normalized spacial score (nSPS) is 11.5. The molecule has 0 fully saturated rings. The molecule has 0 unspecified atom stereocenters. The highest BCUT2D eigenvalue weighted by Crippen LogP contribution is 2.42. The Balaban J connectivity index is 1.33. The fourth-order valence-electron chi connectivity index (χ4n) is 6.24. The van der Waals surface area contributed by atoms with Gasteiger partial charge in [-0.25, -0.2) is 4.68 Å². The molecule has 6 heteroatoms. The molecule has 6 nitrogen and oxygen atoms in total. The molecule has 0 amide bonds. The van der Waals surface area contributed by atoms with Crippen LogP contribution in [0.5, 0.6) is 0 Å². The van der Waals surface area contributed by atoms with Crippen LogP contribution in [0.25, 0.3) is 10.9 Å². The fourth-order valence-corrected chi connectivity index (χ4v) is 6.24. The van der Waals surface area contributed by atoms with Crippen molar-refractivity contribution in [1.82, 2.24) is 19.6 Å². The van der Waals surface area contributed by atoms with Crippen molar-refractivity contribution >= 4 is 23.0 Å². The molecule has 5 aromatic carbocycles. The van der Waals surface area contributed by atoms with E-state index in [0.29, 0.717) is 17.8 Å². The summed E-state index contributed by atoms with van der Waals surface area (Å²) in [6, 6.07) is 46.4. The van der Waals surface area contributed by atoms with Crippen LogP contribution in [0.4, 0.5) is 0 Å². The van der Waals surface area contributed by atoms with Crippen molar-refractivity contribution in [1.29, 1.82) is 0 Å². The Labute approximate surface area is 261 Å². The highest BCUT2D eigenvalue weighted by Gasteiger charge is 2.41. The van der Waals surface area contributed by atoms with Crippen molar-refractivity contribution in [3.05, 3.63) is 191 Å². The van der Waals surface area contributed by atoms with Crippen LogP contribution in [-0.4, -0.2) is 31.6 Å². The van der Waals surface area contributed by atoms with Gasteiger partial charge in [0.1, 0.15) is 17.5 Å². The van der Waals surface area contributed by atoms with Crippen LogP contribution in [-0.2, 0) is 18.5 Å². The first kappa shape index (κ1) is 27.9. The molecule has 0 aliphatic carbocycles. The van der Waals surface area contributed by atoms with Crippen LogP contribution in [0.3, 0.4) is 0 Å². The third-order valence-electron chi connectivity index (χ3n) is 8.23. The summed E-state index contributed by atoms with van der Waals surface area (Å²) >= 11 is 0. The summed E-state index contributed by atoms with van der Waals surface area (Å²) in [5, 5.41) is 10.5. The summed E-state index contributed by atoms with van der Waals surface area (Å²) in [7, 11) is 0. The number of aromatic nitrogens is 4. The van der Waals surface area contributed by atoms with Gasteiger partial charge in [-0.1, -0.05) is 127 Å². The fraction of sp³-hybridized carbons (Fsp3) is 0.0769. The zero-order valence-corrected chi connectivity index (χ0v) is 24.5. The molecule has 0 N–H and O–H groups in total. The summed E-state index contributed by atoms with van der Waals surface area (Å²) in [6.07, 6.45) is 4.60. The van der Waals surface area contributed by atoms with E-state index >= 15 is 0 Å². The minimum absolute atomic E-state index is 0.0875. The first-order chi connectivity index (χ1) is 22.2. The minimum atomic E-state index is -0.844. The molecule has 0 aliphatic rings. The predicted molar refractivity (Wildman–Crippen MR) is 176 cm³/mol. The highest BCUT2D eigenvalue weighted by atomic mass is 16.1. The van der Waals surface area contributed by atoms with Crippen molar-refractivity contribution in [2.75, 3.05) is 0 Å². The van der Waals surface area contributed by atoms with Crippen LogP contribution in [0.2, 0.25) is 0 Å². The van der Waals surface area contributed by atoms with E-state index in [-0.39, 0.29) is 12.2 Å². The molecule has 218 valence electrons. The smallest absolute Gasteiger partial charge is 0.188 e. The van der Waals surface area contributed by atoms with E-state index in [4.69, 9.17) is 5.10 Å². The lowest BCUT2D eigenvalue weighted by molar-refractivity contribution is 0.0988. The van der Waals surface area contributed by atoms with Crippen molar-refractivity contribution < 1.29 is 9.59 Å². The number of nitrogens with zero attached hydrogens (tertiary/aromatic N) is 4. The summed E-state index contributed by atoms with van der Waals surface area (Å²) in [6.45, 7) is 0.501. The van der Waals surface area contributed by atoms with Crippen LogP contribution in [0, 0.1) is 0 Å². The lowest BCUT2D eigenvalue weighted by atomic mass is 9.77. The van der Waals surface area contributed by atoms with Crippen molar-refractivity contribution in [3.8, 4) is 0 Å². The number of aldehydes is 1. The van der Waals surface area contributed by atoms with E-state index in [2.05, 4.69) is 41.5 Å². The van der Waals surface area contributed by atoms with Crippen LogP contribution >= 0.6 is 0 Å². The lowest BCUT2D eigenvalue weighted by Crippen LogP contribution is -2.38. The average Bonchev–Trinajstić information content (AvgIpc) is 3.71. The standard InChI is InChI=1S/C39H30N4O2/c44-28-30-14-12-13-29(23-30)26-42-27-31(25-40-42)24-37(45)38-35-21-10-11-22-36(35)43(41-38)39(32-15-4-1-5-16-32,33-17-6-2-7-18-33)34-19-8-3-9-20-34/h1-23,25,27-28H,24,26H2. The second-order valence-corrected chi connectivity index (χ2v) is 11.1. The maximum Gasteiger partial charge on any atom is 0.188 e. The van der Waals surface area contributed by atoms with Crippen LogP contribution in [0.1, 0.15) is 48.7 Å². The van der Waals surface area contributed by atoms with Gasteiger partial charge < -0.3 is 0 Å². The lowest BCUT2D eigenvalue weighted by Gasteiger charge is -2.37. The topological polar surface area (TPSA) is 69.8 Å². The van der Waals surface area contributed by atoms with Crippen molar-refractivity contribution in [2.45, 2.75) is 18.5 Å². The number of fused-ring (bicyclic) bond motifs is 1. The van der Waals surface area contributed by atoms with E-state index in [1.165, 1.54) is 0 Å². The third kappa shape index (κ3) is 5.17. The molecule has 2 aromatic heterocycles. The van der Waals surface area contributed by atoms with Gasteiger partial charge in [0.25, 0.3) is 0 Å². The Bertz CT molecular complexity index is 2000. The SMILES string of the molecule is O=Cc1cccc(Cn2cc(CC(=O)c3nn(C(c4ccccc4)(c4ccccc4)c4ccccc4)c4ccccc34)cn2)c1. The van der Waals surface area contributed by atoms with Gasteiger partial charge in [0.15, 0.2) is 5.78 Å². The second kappa shape index (κ2) is 12.0. The molecule has 0 atom stereocenters. The summed E-state index contributed by atoms with van der Waals surface area (Å²) in [5.41, 5.74) is 5.93. The van der Waals surface area contributed by atoms with Gasteiger partial charge in [-0.05, 0) is 39.9 Å². The Morgan fingerprint density at radius 1 is 0.689 bits per heavy atom. The molecule has 0 radical (unpaired) electrons. The van der Waals surface area contributed by atoms with E-state index in [9.17, 15) is 9.59 Å². The van der Waals surface area contributed by atoms with E-state index in [1.54, 1.807) is 16.9 Å². The number of carbonyl (C=O) groups excluding carboxylic acids is 2. The van der Waals surface area contributed by atoms with E-state index in [1.807, 2.05) is 108 Å². The number of benzene rings is 5. The molecule has 45 heavy (non-hydrogen) atoms. The number of Topliss-reactive ketones (excluding diaryl/α,β-unsaturated/α-hetero) is 1. The molecule has 7 rings (SSSR count). The number of ketones is 1. The van der Waals surface area contributed by atoms with Gasteiger partial charge >= 0.3 is 0 Å². The maximum atomic E-state index is 14.1. The number of hydrogen-bond donors (Lipinski definition) is 0. The molecular formula is C39H30N4O2. The Kier molecular flexibility index (Phi) is 7.46. The van der Waals surface area contributed by atoms with Gasteiger partial charge in [0.2, 0.25) is 0 Å². The van der Waals surface area contributed by atoms with Gasteiger partial charge in [0, 0.05) is 23.6 Å². The maximum absolute atomic E-state index is 14.1. The van der Waals surface area contributed by atoms with Gasteiger partial charge in [-0.2, -0.15) is 10.2 Å². The Morgan fingerprint density at radius 2 is 1.29 bits per heavy atom. The largest absolute Gasteiger partial charge is 0.298 e. The number of rotatable bonds is 10. The zero-order chi connectivity index (χ0) is 30.6. The Hall–Kier alpha value is -5.88. The molecule has 0 saturated heterocycles. The monoisotopic (exact) mass is 586 g/mol. The predicted octanol–water partition coefficient (Wildman–Crippen LogP) is 7.36. The van der Waals surface area contributed by atoms with Crippen LogP contribution in [0.15, 0.2) is 152 Å². The van der Waals surface area contributed by atoms with E-state index < -0.39 is 5.54 Å².